The van der Waals surface area contributed by atoms with Gasteiger partial charge in [-0.25, -0.2) is 0 Å². The highest BCUT2D eigenvalue weighted by Gasteiger charge is 2.17. The second-order valence-electron chi connectivity index (χ2n) is 3.75. The van der Waals surface area contributed by atoms with Crippen LogP contribution in [-0.4, -0.2) is 11.2 Å². The molecule has 0 N–H and O–H groups in total. The summed E-state index contributed by atoms with van der Waals surface area (Å²) in [7, 11) is 0. The van der Waals surface area contributed by atoms with Gasteiger partial charge in [0, 0.05) is 10.5 Å². The molecule has 102 valence electrons. The third-order valence-corrected chi connectivity index (χ3v) is 3.75. The Bertz CT molecular complexity index is 688. The fraction of sp³-hybridized carbons (Fsp3) is 0. The van der Waals surface area contributed by atoms with Crippen LogP contribution in [0, 0.1) is 10.1 Å². The zero-order chi connectivity index (χ0) is 14.7. The molecule has 7 heteroatoms. The molecule has 0 saturated carbocycles. The summed E-state index contributed by atoms with van der Waals surface area (Å²) in [6.07, 6.45) is 0.660. The van der Waals surface area contributed by atoms with Crippen molar-refractivity contribution in [2.75, 3.05) is 0 Å². The number of rotatable bonds is 4. The number of nitro groups is 1. The molecule has 0 fully saturated rings. The summed E-state index contributed by atoms with van der Waals surface area (Å²) in [5, 5.41) is 10.9. The van der Waals surface area contributed by atoms with Crippen LogP contribution in [0.25, 0.3) is 0 Å². The highest BCUT2D eigenvalue weighted by Crippen LogP contribution is 2.37. The third kappa shape index (κ3) is 3.05. The lowest BCUT2D eigenvalue weighted by Crippen LogP contribution is -1.94. The minimum Gasteiger partial charge on any atom is -0.455 e. The second kappa shape index (κ2) is 6.15. The fourth-order valence-corrected chi connectivity index (χ4v) is 2.36. The third-order valence-electron chi connectivity index (χ3n) is 2.46. The van der Waals surface area contributed by atoms with Gasteiger partial charge in [0.15, 0.2) is 6.29 Å². The second-order valence-corrected chi connectivity index (χ2v) is 5.46. The van der Waals surface area contributed by atoms with E-state index in [-0.39, 0.29) is 15.9 Å². The minimum absolute atomic E-state index is 0.106. The van der Waals surface area contributed by atoms with E-state index in [0.29, 0.717) is 17.6 Å². The SMILES string of the molecule is O=Cc1ccc(Br)cc1Oc1cccc([N+](=O)[O-])c1Br. The topological polar surface area (TPSA) is 69.4 Å². The molecule has 2 aromatic carbocycles. The molecular weight excluding hydrogens is 394 g/mol. The van der Waals surface area contributed by atoms with E-state index in [0.717, 1.165) is 4.47 Å². The molecule has 0 spiro atoms. The van der Waals surface area contributed by atoms with Crippen molar-refractivity contribution in [3.63, 3.8) is 0 Å². The molecular formula is C13H7Br2NO4. The Balaban J connectivity index is 2.45. The maximum absolute atomic E-state index is 11.0. The number of aldehydes is 1. The molecule has 0 unspecified atom stereocenters. The molecule has 0 bridgehead atoms. The molecule has 0 aromatic heterocycles. The van der Waals surface area contributed by atoms with Crippen molar-refractivity contribution in [2.24, 2.45) is 0 Å². The number of carbonyl (C=O) groups excluding carboxylic acids is 1. The largest absolute Gasteiger partial charge is 0.455 e. The van der Waals surface area contributed by atoms with Gasteiger partial charge in [-0.2, -0.15) is 0 Å². The first-order chi connectivity index (χ1) is 9.52. The predicted molar refractivity (Wildman–Crippen MR) is 80.4 cm³/mol. The Morgan fingerprint density at radius 1 is 1.15 bits per heavy atom. The molecule has 5 nitrogen and oxygen atoms in total. The van der Waals surface area contributed by atoms with Crippen molar-refractivity contribution >= 4 is 43.8 Å². The lowest BCUT2D eigenvalue weighted by Gasteiger charge is -2.10. The summed E-state index contributed by atoms with van der Waals surface area (Å²) in [5.74, 6) is 0.580. The Labute approximate surface area is 131 Å². The smallest absolute Gasteiger partial charge is 0.287 e. The molecule has 0 amide bonds. The lowest BCUT2D eigenvalue weighted by molar-refractivity contribution is -0.385. The summed E-state index contributed by atoms with van der Waals surface area (Å²) in [5.41, 5.74) is 0.247. The fourth-order valence-electron chi connectivity index (χ4n) is 1.53. The molecule has 0 atom stereocenters. The number of hydrogen-bond acceptors (Lipinski definition) is 4. The van der Waals surface area contributed by atoms with E-state index in [1.54, 1.807) is 24.3 Å². The van der Waals surface area contributed by atoms with Crippen LogP contribution in [0.4, 0.5) is 5.69 Å². The normalized spacial score (nSPS) is 10.1. The van der Waals surface area contributed by atoms with Crippen molar-refractivity contribution in [2.45, 2.75) is 0 Å². The van der Waals surface area contributed by atoms with Gasteiger partial charge < -0.3 is 4.74 Å². The molecule has 0 aliphatic rings. The van der Waals surface area contributed by atoms with Crippen LogP contribution < -0.4 is 4.74 Å². The highest BCUT2D eigenvalue weighted by atomic mass is 79.9. The summed E-state index contributed by atoms with van der Waals surface area (Å²) in [4.78, 5) is 21.3. The van der Waals surface area contributed by atoms with Gasteiger partial charge in [0.2, 0.25) is 0 Å². The number of carbonyl (C=O) groups is 1. The van der Waals surface area contributed by atoms with Crippen LogP contribution in [0.3, 0.4) is 0 Å². The number of ether oxygens (including phenoxy) is 1. The zero-order valence-electron chi connectivity index (χ0n) is 9.88. The first kappa shape index (κ1) is 14.7. The number of nitrogens with zero attached hydrogens (tertiary/aromatic N) is 1. The van der Waals surface area contributed by atoms with Crippen molar-refractivity contribution in [1.29, 1.82) is 0 Å². The van der Waals surface area contributed by atoms with Crippen LogP contribution >= 0.6 is 31.9 Å². The number of halogens is 2. The van der Waals surface area contributed by atoms with Crippen LogP contribution in [0.2, 0.25) is 0 Å². The predicted octanol–water partition coefficient (Wildman–Crippen LogP) is 4.72. The van der Waals surface area contributed by atoms with Gasteiger partial charge in [0.05, 0.1) is 10.5 Å². The van der Waals surface area contributed by atoms with E-state index in [4.69, 9.17) is 4.74 Å². The monoisotopic (exact) mass is 399 g/mol. The van der Waals surface area contributed by atoms with E-state index >= 15 is 0 Å². The molecule has 0 radical (unpaired) electrons. The molecule has 0 heterocycles. The standard InChI is InChI=1S/C13H7Br2NO4/c14-9-5-4-8(7-17)12(6-9)20-11-3-1-2-10(13(11)15)16(18)19/h1-7H. The summed E-state index contributed by atoms with van der Waals surface area (Å²) >= 11 is 6.42. The van der Waals surface area contributed by atoms with Crippen LogP contribution in [-0.2, 0) is 0 Å². The molecule has 2 aromatic rings. The van der Waals surface area contributed by atoms with Crippen molar-refractivity contribution in [3.8, 4) is 11.5 Å². The molecule has 0 aliphatic carbocycles. The van der Waals surface area contributed by atoms with E-state index in [9.17, 15) is 14.9 Å². The van der Waals surface area contributed by atoms with Crippen LogP contribution in [0.1, 0.15) is 10.4 Å². The first-order valence-corrected chi connectivity index (χ1v) is 6.97. The van der Waals surface area contributed by atoms with Gasteiger partial charge in [0.25, 0.3) is 5.69 Å². The lowest BCUT2D eigenvalue weighted by atomic mass is 10.2. The van der Waals surface area contributed by atoms with Gasteiger partial charge in [-0.05, 0) is 40.2 Å². The molecule has 0 aliphatic heterocycles. The van der Waals surface area contributed by atoms with Gasteiger partial charge in [-0.15, -0.1) is 0 Å². The van der Waals surface area contributed by atoms with E-state index in [1.165, 1.54) is 12.1 Å². The van der Waals surface area contributed by atoms with E-state index in [1.807, 2.05) is 0 Å². The first-order valence-electron chi connectivity index (χ1n) is 5.38. The zero-order valence-corrected chi connectivity index (χ0v) is 13.0. The minimum atomic E-state index is -0.515. The van der Waals surface area contributed by atoms with E-state index < -0.39 is 4.92 Å². The van der Waals surface area contributed by atoms with Gasteiger partial charge >= 0.3 is 0 Å². The number of benzene rings is 2. The van der Waals surface area contributed by atoms with Crippen molar-refractivity contribution < 1.29 is 14.5 Å². The number of nitro benzene ring substituents is 1. The molecule has 20 heavy (non-hydrogen) atoms. The highest BCUT2D eigenvalue weighted by molar-refractivity contribution is 9.11. The van der Waals surface area contributed by atoms with Gasteiger partial charge in [0.1, 0.15) is 16.0 Å². The van der Waals surface area contributed by atoms with Crippen LogP contribution in [0.15, 0.2) is 45.3 Å². The summed E-state index contributed by atoms with van der Waals surface area (Å²) in [6.45, 7) is 0. The molecule has 2 rings (SSSR count). The Morgan fingerprint density at radius 2 is 1.90 bits per heavy atom. The average molecular weight is 401 g/mol. The molecule has 0 saturated heterocycles. The van der Waals surface area contributed by atoms with Crippen molar-refractivity contribution in [3.05, 3.63) is 61.0 Å². The summed E-state index contributed by atoms with van der Waals surface area (Å²) in [6, 6.07) is 9.37. The Morgan fingerprint density at radius 3 is 2.55 bits per heavy atom. The Kier molecular flexibility index (Phi) is 4.51. The van der Waals surface area contributed by atoms with Crippen molar-refractivity contribution in [1.82, 2.24) is 0 Å². The number of hydrogen-bond donors (Lipinski definition) is 0. The van der Waals surface area contributed by atoms with Gasteiger partial charge in [-0.1, -0.05) is 22.0 Å². The van der Waals surface area contributed by atoms with Gasteiger partial charge in [-0.3, -0.25) is 14.9 Å². The maximum atomic E-state index is 11.0. The summed E-state index contributed by atoms with van der Waals surface area (Å²) < 4.78 is 6.55. The maximum Gasteiger partial charge on any atom is 0.287 e. The average Bonchev–Trinajstić information content (AvgIpc) is 2.41. The van der Waals surface area contributed by atoms with Crippen LogP contribution in [0.5, 0.6) is 11.5 Å². The Hall–Kier alpha value is -1.73. The quantitative estimate of drug-likeness (QED) is 0.422. The van der Waals surface area contributed by atoms with E-state index in [2.05, 4.69) is 31.9 Å².